The number of hydrogen-bond donors (Lipinski definition) is 0. The highest BCUT2D eigenvalue weighted by Crippen LogP contribution is 2.17. The predicted molar refractivity (Wildman–Crippen MR) is 358 cm³/mol. The van der Waals surface area contributed by atoms with Gasteiger partial charge in [0.1, 0.15) is 13.2 Å². The summed E-state index contributed by atoms with van der Waals surface area (Å²) >= 11 is 0. The summed E-state index contributed by atoms with van der Waals surface area (Å²) in [6, 6.07) is 0. The van der Waals surface area contributed by atoms with E-state index in [1.807, 2.05) is 0 Å². The Bertz CT molecular complexity index is 1550. The van der Waals surface area contributed by atoms with Crippen molar-refractivity contribution in [3.8, 4) is 0 Å². The van der Waals surface area contributed by atoms with Crippen molar-refractivity contribution in [1.82, 2.24) is 0 Å². The van der Waals surface area contributed by atoms with Gasteiger partial charge in [-0.1, -0.05) is 311 Å². The Hall–Kier alpha value is -3.41. The van der Waals surface area contributed by atoms with Gasteiger partial charge in [-0.3, -0.25) is 14.4 Å². The van der Waals surface area contributed by atoms with E-state index in [0.29, 0.717) is 19.3 Å². The number of unbranched alkanes of at least 4 members (excludes halogenated alkanes) is 40. The van der Waals surface area contributed by atoms with Crippen LogP contribution in [-0.2, 0) is 28.6 Å². The molecule has 0 N–H and O–H groups in total. The second-order valence-electron chi connectivity index (χ2n) is 23.8. The fourth-order valence-electron chi connectivity index (χ4n) is 10.3. The third kappa shape index (κ3) is 67.4. The second kappa shape index (κ2) is 70.1. The van der Waals surface area contributed by atoms with Gasteiger partial charge in [0.2, 0.25) is 0 Å². The quantitative estimate of drug-likeness (QED) is 0.0261. The zero-order chi connectivity index (χ0) is 59.2. The molecule has 82 heavy (non-hydrogen) atoms. The third-order valence-electron chi connectivity index (χ3n) is 15.6. The molecule has 6 nitrogen and oxygen atoms in total. The molecule has 0 bridgehead atoms. The van der Waals surface area contributed by atoms with Crippen LogP contribution in [-0.4, -0.2) is 37.2 Å². The number of ether oxygens (including phenoxy) is 3. The maximum atomic E-state index is 12.9. The van der Waals surface area contributed by atoms with Crippen LogP contribution in [0.5, 0.6) is 0 Å². The normalized spacial score (nSPS) is 12.6. The van der Waals surface area contributed by atoms with Crippen molar-refractivity contribution in [1.29, 1.82) is 0 Å². The Morgan fingerprint density at radius 1 is 0.256 bits per heavy atom. The lowest BCUT2D eigenvalue weighted by atomic mass is 10.0. The van der Waals surface area contributed by atoms with E-state index in [-0.39, 0.29) is 31.1 Å². The second-order valence-corrected chi connectivity index (χ2v) is 23.8. The Kier molecular flexibility index (Phi) is 67.2. The molecule has 0 heterocycles. The van der Waals surface area contributed by atoms with Crippen LogP contribution in [0.4, 0.5) is 0 Å². The van der Waals surface area contributed by atoms with Crippen molar-refractivity contribution in [2.45, 2.75) is 367 Å². The van der Waals surface area contributed by atoms with E-state index >= 15 is 0 Å². The third-order valence-corrected chi connectivity index (χ3v) is 15.6. The average Bonchev–Trinajstić information content (AvgIpc) is 3.47. The van der Waals surface area contributed by atoms with Crippen molar-refractivity contribution in [2.75, 3.05) is 13.2 Å². The summed E-state index contributed by atoms with van der Waals surface area (Å²) in [7, 11) is 0. The average molecular weight is 1140 g/mol. The molecule has 0 fully saturated rings. The Labute approximate surface area is 509 Å². The topological polar surface area (TPSA) is 78.9 Å². The molecular formula is C76H134O6. The van der Waals surface area contributed by atoms with Crippen LogP contribution in [0.2, 0.25) is 0 Å². The van der Waals surface area contributed by atoms with Crippen molar-refractivity contribution in [3.05, 3.63) is 85.1 Å². The van der Waals surface area contributed by atoms with Crippen LogP contribution in [0.1, 0.15) is 361 Å². The minimum absolute atomic E-state index is 0.0785. The number of hydrogen-bond acceptors (Lipinski definition) is 6. The Morgan fingerprint density at radius 3 is 0.768 bits per heavy atom. The fraction of sp³-hybridized carbons (Fsp3) is 0.776. The molecule has 0 saturated carbocycles. The zero-order valence-electron chi connectivity index (χ0n) is 54.5. The first kappa shape index (κ1) is 78.6. The van der Waals surface area contributed by atoms with Crippen LogP contribution in [0.3, 0.4) is 0 Å². The van der Waals surface area contributed by atoms with Gasteiger partial charge in [-0.05, 0) is 116 Å². The number of allylic oxidation sites excluding steroid dienone is 14. The lowest BCUT2D eigenvalue weighted by Gasteiger charge is -2.18. The van der Waals surface area contributed by atoms with Crippen molar-refractivity contribution in [2.24, 2.45) is 0 Å². The van der Waals surface area contributed by atoms with E-state index in [1.54, 1.807) is 0 Å². The predicted octanol–water partition coefficient (Wildman–Crippen LogP) is 24.6. The largest absolute Gasteiger partial charge is 0.462 e. The van der Waals surface area contributed by atoms with Gasteiger partial charge in [-0.2, -0.15) is 0 Å². The Balaban J connectivity index is 4.23. The molecule has 0 aromatic rings. The van der Waals surface area contributed by atoms with Gasteiger partial charge in [0, 0.05) is 19.3 Å². The molecule has 0 radical (unpaired) electrons. The number of carbonyl (C=O) groups is 3. The van der Waals surface area contributed by atoms with Gasteiger partial charge in [-0.15, -0.1) is 0 Å². The molecule has 0 amide bonds. The minimum Gasteiger partial charge on any atom is -0.462 e. The molecule has 6 heteroatoms. The molecule has 474 valence electrons. The lowest BCUT2D eigenvalue weighted by Crippen LogP contribution is -2.30. The van der Waals surface area contributed by atoms with Gasteiger partial charge >= 0.3 is 17.9 Å². The summed E-state index contributed by atoms with van der Waals surface area (Å²) in [4.78, 5) is 38.4. The summed E-state index contributed by atoms with van der Waals surface area (Å²) in [6.45, 7) is 6.54. The van der Waals surface area contributed by atoms with Crippen LogP contribution in [0.25, 0.3) is 0 Å². The molecule has 0 rings (SSSR count). The Morgan fingerprint density at radius 2 is 0.476 bits per heavy atom. The summed E-state index contributed by atoms with van der Waals surface area (Å²) in [5.41, 5.74) is 0. The molecule has 0 saturated heterocycles. The number of esters is 3. The first-order chi connectivity index (χ1) is 40.5. The van der Waals surface area contributed by atoms with E-state index < -0.39 is 6.10 Å². The molecule has 0 aromatic carbocycles. The highest BCUT2D eigenvalue weighted by molar-refractivity contribution is 5.71. The highest BCUT2D eigenvalue weighted by Gasteiger charge is 2.19. The van der Waals surface area contributed by atoms with E-state index in [0.717, 1.165) is 103 Å². The van der Waals surface area contributed by atoms with Crippen molar-refractivity contribution in [3.63, 3.8) is 0 Å². The van der Waals surface area contributed by atoms with E-state index in [1.165, 1.54) is 218 Å². The summed E-state index contributed by atoms with van der Waals surface area (Å²) < 4.78 is 17.0. The minimum atomic E-state index is -0.784. The highest BCUT2D eigenvalue weighted by atomic mass is 16.6. The first-order valence-electron chi connectivity index (χ1n) is 35.6. The molecule has 0 aliphatic heterocycles. The van der Waals surface area contributed by atoms with Gasteiger partial charge in [-0.25, -0.2) is 0 Å². The molecule has 0 aliphatic rings. The van der Waals surface area contributed by atoms with Gasteiger partial charge in [0.15, 0.2) is 6.10 Å². The standard InChI is InChI=1S/C76H134O6/c1-4-7-10-13-16-19-22-25-28-30-32-33-34-35-36-37-38-39-40-41-42-43-44-46-48-51-54-57-60-63-66-69-75(78)81-72-73(71-80-74(77)68-65-62-59-56-53-50-47-27-24-21-18-15-12-9-6-3)82-76(79)70-67-64-61-58-55-52-49-45-31-29-26-23-20-17-14-11-8-5-2/h7,10,16,19-20,23,25,27-29,31-33,47,73H,4-6,8-9,11-15,17-18,21-22,24,26,30,34-46,48-72H2,1-3H3/b10-7-,19-16-,23-20-,28-25-,31-29-,33-32-,47-27-. The molecule has 0 spiro atoms. The molecule has 1 unspecified atom stereocenters. The maximum Gasteiger partial charge on any atom is 0.306 e. The number of carbonyl (C=O) groups excluding carboxylic acids is 3. The molecular weight excluding hydrogens is 1010 g/mol. The fourth-order valence-corrected chi connectivity index (χ4v) is 10.3. The summed E-state index contributed by atoms with van der Waals surface area (Å²) in [5.74, 6) is -0.875. The molecule has 0 aliphatic carbocycles. The van der Waals surface area contributed by atoms with Gasteiger partial charge < -0.3 is 14.2 Å². The lowest BCUT2D eigenvalue weighted by molar-refractivity contribution is -0.167. The van der Waals surface area contributed by atoms with Crippen LogP contribution in [0, 0.1) is 0 Å². The summed E-state index contributed by atoms with van der Waals surface area (Å²) in [6.07, 6.45) is 93.3. The van der Waals surface area contributed by atoms with Gasteiger partial charge in [0.25, 0.3) is 0 Å². The SMILES string of the molecule is CC/C=C\C/C=C\C/C=C\C/C=C\CCCCCCCCCCCCCCCCCCCCC(=O)OCC(COC(=O)CCCCCCC/C=C\CCCCCCCC)OC(=O)CCCCCCCCC/C=C\C/C=C\CCCCCC. The summed E-state index contributed by atoms with van der Waals surface area (Å²) in [5, 5.41) is 0. The van der Waals surface area contributed by atoms with E-state index in [2.05, 4.69) is 106 Å². The zero-order valence-corrected chi connectivity index (χ0v) is 54.5. The van der Waals surface area contributed by atoms with Crippen LogP contribution in [0.15, 0.2) is 85.1 Å². The van der Waals surface area contributed by atoms with E-state index in [4.69, 9.17) is 14.2 Å². The van der Waals surface area contributed by atoms with Crippen molar-refractivity contribution >= 4 is 17.9 Å². The van der Waals surface area contributed by atoms with Crippen LogP contribution >= 0.6 is 0 Å². The van der Waals surface area contributed by atoms with Crippen molar-refractivity contribution < 1.29 is 28.6 Å². The number of rotatable bonds is 65. The molecule has 0 aromatic heterocycles. The van der Waals surface area contributed by atoms with Crippen LogP contribution < -0.4 is 0 Å². The monoisotopic (exact) mass is 1140 g/mol. The first-order valence-corrected chi connectivity index (χ1v) is 35.6. The maximum absolute atomic E-state index is 12.9. The smallest absolute Gasteiger partial charge is 0.306 e. The van der Waals surface area contributed by atoms with E-state index in [9.17, 15) is 14.4 Å². The van der Waals surface area contributed by atoms with Gasteiger partial charge in [0.05, 0.1) is 0 Å². The molecule has 1 atom stereocenters.